The van der Waals surface area contributed by atoms with E-state index in [-0.39, 0.29) is 5.82 Å². The lowest BCUT2D eigenvalue weighted by Gasteiger charge is -2.13. The number of nitrogens with zero attached hydrogens (tertiary/aromatic N) is 2. The predicted octanol–water partition coefficient (Wildman–Crippen LogP) is 4.84. The molecule has 0 radical (unpaired) electrons. The summed E-state index contributed by atoms with van der Waals surface area (Å²) < 4.78 is 13.0. The number of aromatic nitrogens is 2. The van der Waals surface area contributed by atoms with E-state index in [1.165, 1.54) is 17.7 Å². The zero-order valence-corrected chi connectivity index (χ0v) is 14.4. The molecule has 3 aromatic rings. The van der Waals surface area contributed by atoms with E-state index in [9.17, 15) is 4.39 Å². The molecule has 1 heterocycles. The van der Waals surface area contributed by atoms with E-state index in [1.54, 1.807) is 18.3 Å². The Balaban J connectivity index is 1.72. The molecule has 3 rings (SSSR count). The highest BCUT2D eigenvalue weighted by atomic mass is 19.1. The summed E-state index contributed by atoms with van der Waals surface area (Å²) in [5.74, 6) is 1.03. The number of para-hydroxylation sites is 1. The number of halogens is 1. The van der Waals surface area contributed by atoms with Gasteiger partial charge in [-0.05, 0) is 48.2 Å². The molecule has 2 N–H and O–H groups in total. The third kappa shape index (κ3) is 4.32. The smallest absolute Gasteiger partial charge is 0.229 e. The Labute approximate surface area is 147 Å². The maximum Gasteiger partial charge on any atom is 0.229 e. The van der Waals surface area contributed by atoms with Crippen molar-refractivity contribution in [3.05, 3.63) is 77.2 Å². The Morgan fingerprint density at radius 1 is 1.04 bits per heavy atom. The minimum atomic E-state index is -0.234. The molecule has 0 aliphatic rings. The average Bonchev–Trinajstić information content (AvgIpc) is 2.63. The van der Waals surface area contributed by atoms with Crippen LogP contribution in [0.2, 0.25) is 0 Å². The molecule has 0 aliphatic carbocycles. The normalized spacial score (nSPS) is 10.5. The summed E-state index contributed by atoms with van der Waals surface area (Å²) in [5, 5.41) is 6.56. The summed E-state index contributed by atoms with van der Waals surface area (Å²) in [6.07, 6.45) is 2.65. The number of hydrogen-bond acceptors (Lipinski definition) is 4. The zero-order valence-electron chi connectivity index (χ0n) is 14.4. The van der Waals surface area contributed by atoms with Crippen LogP contribution in [0, 0.1) is 12.7 Å². The minimum Gasteiger partial charge on any atom is -0.366 e. The standard InChI is InChI=1S/C20H21FN4/c1-3-16-6-4-5-14(2)19(16)25-20-22-12-11-18(24-20)23-13-15-7-9-17(21)10-8-15/h4-12H,3,13H2,1-2H3,(H2,22,23,24,25). The molecule has 0 aliphatic heterocycles. The van der Waals surface area contributed by atoms with Gasteiger partial charge in [0.15, 0.2) is 0 Å². The Morgan fingerprint density at radius 3 is 2.60 bits per heavy atom. The molecule has 2 aromatic carbocycles. The highest BCUT2D eigenvalue weighted by Gasteiger charge is 2.07. The van der Waals surface area contributed by atoms with E-state index in [4.69, 9.17) is 0 Å². The molecule has 5 heteroatoms. The third-order valence-corrected chi connectivity index (χ3v) is 4.02. The largest absolute Gasteiger partial charge is 0.366 e. The average molecular weight is 336 g/mol. The Kier molecular flexibility index (Phi) is 5.23. The van der Waals surface area contributed by atoms with E-state index in [0.717, 1.165) is 23.2 Å². The topological polar surface area (TPSA) is 49.8 Å². The van der Waals surface area contributed by atoms with Gasteiger partial charge in [0.2, 0.25) is 5.95 Å². The first kappa shape index (κ1) is 16.9. The van der Waals surface area contributed by atoms with Gasteiger partial charge in [-0.3, -0.25) is 0 Å². The van der Waals surface area contributed by atoms with Gasteiger partial charge in [-0.25, -0.2) is 9.37 Å². The fourth-order valence-electron chi connectivity index (χ4n) is 2.63. The van der Waals surface area contributed by atoms with Crippen molar-refractivity contribution in [2.45, 2.75) is 26.8 Å². The van der Waals surface area contributed by atoms with Gasteiger partial charge in [0, 0.05) is 18.4 Å². The van der Waals surface area contributed by atoms with E-state index < -0.39 is 0 Å². The van der Waals surface area contributed by atoms with Crippen molar-refractivity contribution >= 4 is 17.5 Å². The minimum absolute atomic E-state index is 0.234. The molecule has 0 saturated heterocycles. The fourth-order valence-corrected chi connectivity index (χ4v) is 2.63. The molecule has 0 atom stereocenters. The highest BCUT2D eigenvalue weighted by molar-refractivity contribution is 5.63. The summed E-state index contributed by atoms with van der Waals surface area (Å²) in [7, 11) is 0. The quantitative estimate of drug-likeness (QED) is 0.676. The number of hydrogen-bond donors (Lipinski definition) is 2. The first-order valence-electron chi connectivity index (χ1n) is 8.32. The van der Waals surface area contributed by atoms with Crippen LogP contribution in [0.15, 0.2) is 54.7 Å². The second-order valence-electron chi connectivity index (χ2n) is 5.83. The van der Waals surface area contributed by atoms with Crippen LogP contribution in [-0.2, 0) is 13.0 Å². The summed E-state index contributed by atoms with van der Waals surface area (Å²) in [4.78, 5) is 8.82. The first-order chi connectivity index (χ1) is 12.2. The fraction of sp³-hybridized carbons (Fsp3) is 0.200. The van der Waals surface area contributed by atoms with Crippen LogP contribution < -0.4 is 10.6 Å². The lowest BCUT2D eigenvalue weighted by atomic mass is 10.1. The van der Waals surface area contributed by atoms with Gasteiger partial charge in [-0.1, -0.05) is 37.3 Å². The van der Waals surface area contributed by atoms with Crippen molar-refractivity contribution in [2.24, 2.45) is 0 Å². The summed E-state index contributed by atoms with van der Waals surface area (Å²) in [5.41, 5.74) is 4.43. The van der Waals surface area contributed by atoms with Gasteiger partial charge in [-0.2, -0.15) is 4.98 Å². The van der Waals surface area contributed by atoms with Crippen molar-refractivity contribution < 1.29 is 4.39 Å². The maximum absolute atomic E-state index is 13.0. The lowest BCUT2D eigenvalue weighted by molar-refractivity contribution is 0.627. The van der Waals surface area contributed by atoms with Gasteiger partial charge in [0.1, 0.15) is 11.6 Å². The zero-order chi connectivity index (χ0) is 17.6. The Bertz CT molecular complexity index is 847. The van der Waals surface area contributed by atoms with Gasteiger partial charge >= 0.3 is 0 Å². The molecule has 0 bridgehead atoms. The summed E-state index contributed by atoms with van der Waals surface area (Å²) in [6.45, 7) is 4.76. The second kappa shape index (κ2) is 7.75. The molecule has 1 aromatic heterocycles. The van der Waals surface area contributed by atoms with Crippen LogP contribution in [0.25, 0.3) is 0 Å². The molecule has 25 heavy (non-hydrogen) atoms. The molecule has 0 spiro atoms. The van der Waals surface area contributed by atoms with Gasteiger partial charge in [-0.15, -0.1) is 0 Å². The van der Waals surface area contributed by atoms with Crippen LogP contribution in [0.4, 0.5) is 21.8 Å². The van der Waals surface area contributed by atoms with Crippen molar-refractivity contribution in [3.63, 3.8) is 0 Å². The second-order valence-corrected chi connectivity index (χ2v) is 5.83. The van der Waals surface area contributed by atoms with Crippen molar-refractivity contribution in [2.75, 3.05) is 10.6 Å². The van der Waals surface area contributed by atoms with Crippen molar-refractivity contribution in [1.29, 1.82) is 0 Å². The molecular formula is C20H21FN4. The number of anilines is 3. The van der Waals surface area contributed by atoms with Gasteiger partial charge in [0.05, 0.1) is 0 Å². The molecular weight excluding hydrogens is 315 g/mol. The molecule has 4 nitrogen and oxygen atoms in total. The van der Waals surface area contributed by atoms with E-state index >= 15 is 0 Å². The Hall–Kier alpha value is -2.95. The monoisotopic (exact) mass is 336 g/mol. The predicted molar refractivity (Wildman–Crippen MR) is 99.6 cm³/mol. The molecule has 128 valence electrons. The molecule has 0 saturated carbocycles. The van der Waals surface area contributed by atoms with E-state index in [0.29, 0.717) is 18.3 Å². The van der Waals surface area contributed by atoms with Crippen LogP contribution in [0.5, 0.6) is 0 Å². The maximum atomic E-state index is 13.0. The molecule has 0 unspecified atom stereocenters. The summed E-state index contributed by atoms with van der Waals surface area (Å²) in [6, 6.07) is 14.5. The number of nitrogens with one attached hydrogen (secondary N) is 2. The highest BCUT2D eigenvalue weighted by Crippen LogP contribution is 2.24. The van der Waals surface area contributed by atoms with Crippen LogP contribution in [0.3, 0.4) is 0 Å². The lowest BCUT2D eigenvalue weighted by Crippen LogP contribution is -2.05. The Morgan fingerprint density at radius 2 is 1.84 bits per heavy atom. The summed E-state index contributed by atoms with van der Waals surface area (Å²) >= 11 is 0. The first-order valence-corrected chi connectivity index (χ1v) is 8.32. The van der Waals surface area contributed by atoms with E-state index in [2.05, 4.69) is 52.6 Å². The molecule has 0 amide bonds. The number of benzene rings is 2. The van der Waals surface area contributed by atoms with Gasteiger partial charge < -0.3 is 10.6 Å². The number of aryl methyl sites for hydroxylation is 2. The van der Waals surface area contributed by atoms with Gasteiger partial charge in [0.25, 0.3) is 0 Å². The number of rotatable bonds is 6. The third-order valence-electron chi connectivity index (χ3n) is 4.02. The van der Waals surface area contributed by atoms with E-state index in [1.807, 2.05) is 6.07 Å². The van der Waals surface area contributed by atoms with Crippen LogP contribution >= 0.6 is 0 Å². The molecule has 0 fully saturated rings. The van der Waals surface area contributed by atoms with Crippen molar-refractivity contribution in [3.8, 4) is 0 Å². The van der Waals surface area contributed by atoms with Crippen LogP contribution in [-0.4, -0.2) is 9.97 Å². The SMILES string of the molecule is CCc1cccc(C)c1Nc1nccc(NCc2ccc(F)cc2)n1. The van der Waals surface area contributed by atoms with Crippen LogP contribution in [0.1, 0.15) is 23.6 Å². The van der Waals surface area contributed by atoms with Crippen molar-refractivity contribution in [1.82, 2.24) is 9.97 Å².